The van der Waals surface area contributed by atoms with Gasteiger partial charge in [-0.05, 0) is 37.6 Å². The van der Waals surface area contributed by atoms with Crippen LogP contribution in [-0.2, 0) is 11.2 Å². The quantitative estimate of drug-likeness (QED) is 0.893. The number of hydrogen-bond donors (Lipinski definition) is 2. The standard InChI is InChI=1S/C14H18F2N2O.ClH/c1-10(8-11-2-4-12(15)5-3-11)18-13(19)14(16)6-7-17-9-14;/h2-5,10,17H,6-9H2,1H3,(H,18,19);1H. The molecule has 6 heteroatoms. The third kappa shape index (κ3) is 4.15. The molecule has 1 saturated heterocycles. The fourth-order valence-corrected chi connectivity index (χ4v) is 2.23. The van der Waals surface area contributed by atoms with Crippen molar-refractivity contribution in [1.82, 2.24) is 10.6 Å². The van der Waals surface area contributed by atoms with Gasteiger partial charge in [0, 0.05) is 19.0 Å². The van der Waals surface area contributed by atoms with Crippen molar-refractivity contribution < 1.29 is 13.6 Å². The van der Waals surface area contributed by atoms with Crippen LogP contribution in [0.1, 0.15) is 18.9 Å². The third-order valence-corrected chi connectivity index (χ3v) is 3.34. The summed E-state index contributed by atoms with van der Waals surface area (Å²) in [7, 11) is 0. The molecule has 0 bridgehead atoms. The van der Waals surface area contributed by atoms with Gasteiger partial charge in [0.15, 0.2) is 0 Å². The van der Waals surface area contributed by atoms with Gasteiger partial charge in [-0.1, -0.05) is 12.1 Å². The number of nitrogens with one attached hydrogen (secondary N) is 2. The molecule has 0 saturated carbocycles. The Kier molecular flexibility index (Phi) is 5.89. The van der Waals surface area contributed by atoms with Gasteiger partial charge in [0.2, 0.25) is 5.67 Å². The van der Waals surface area contributed by atoms with Gasteiger partial charge in [-0.25, -0.2) is 8.78 Å². The zero-order valence-electron chi connectivity index (χ0n) is 11.3. The molecule has 1 amide bonds. The highest BCUT2D eigenvalue weighted by atomic mass is 35.5. The number of carbonyl (C=O) groups is 1. The van der Waals surface area contributed by atoms with E-state index in [-0.39, 0.29) is 37.2 Å². The van der Waals surface area contributed by atoms with E-state index in [1.807, 2.05) is 6.92 Å². The molecule has 1 heterocycles. The van der Waals surface area contributed by atoms with E-state index in [1.54, 1.807) is 12.1 Å². The Morgan fingerprint density at radius 3 is 2.65 bits per heavy atom. The molecule has 0 aromatic heterocycles. The maximum Gasteiger partial charge on any atom is 0.259 e. The number of amides is 1. The first kappa shape index (κ1) is 16.9. The molecule has 1 aromatic rings. The summed E-state index contributed by atoms with van der Waals surface area (Å²) in [5.41, 5.74) is -0.886. The summed E-state index contributed by atoms with van der Waals surface area (Å²) in [5, 5.41) is 5.52. The highest BCUT2D eigenvalue weighted by molar-refractivity contribution is 5.86. The van der Waals surface area contributed by atoms with Crippen molar-refractivity contribution in [2.75, 3.05) is 13.1 Å². The second-order valence-corrected chi connectivity index (χ2v) is 5.10. The molecule has 0 aliphatic carbocycles. The van der Waals surface area contributed by atoms with Crippen LogP contribution >= 0.6 is 12.4 Å². The first-order valence-corrected chi connectivity index (χ1v) is 6.45. The van der Waals surface area contributed by atoms with Crippen molar-refractivity contribution in [3.8, 4) is 0 Å². The third-order valence-electron chi connectivity index (χ3n) is 3.34. The van der Waals surface area contributed by atoms with Crippen molar-refractivity contribution in [1.29, 1.82) is 0 Å². The zero-order valence-corrected chi connectivity index (χ0v) is 12.1. The van der Waals surface area contributed by atoms with Gasteiger partial charge in [0.1, 0.15) is 5.82 Å². The molecule has 2 unspecified atom stereocenters. The van der Waals surface area contributed by atoms with E-state index >= 15 is 0 Å². The maximum absolute atomic E-state index is 14.1. The molecule has 1 aliphatic heterocycles. The number of benzene rings is 1. The topological polar surface area (TPSA) is 41.1 Å². The second kappa shape index (κ2) is 6.99. The molecular weight excluding hydrogens is 286 g/mol. The van der Waals surface area contributed by atoms with E-state index in [0.717, 1.165) is 5.56 Å². The summed E-state index contributed by atoms with van der Waals surface area (Å²) in [4.78, 5) is 11.8. The van der Waals surface area contributed by atoms with Gasteiger partial charge >= 0.3 is 0 Å². The molecule has 2 rings (SSSR count). The molecule has 1 aromatic carbocycles. The highest BCUT2D eigenvalue weighted by Gasteiger charge is 2.41. The Balaban J connectivity index is 0.00000200. The van der Waals surface area contributed by atoms with Crippen LogP contribution in [0.5, 0.6) is 0 Å². The number of rotatable bonds is 4. The summed E-state index contributed by atoms with van der Waals surface area (Å²) in [6.07, 6.45) is 0.762. The molecule has 1 aliphatic rings. The predicted octanol–water partition coefficient (Wildman–Crippen LogP) is 2.00. The maximum atomic E-state index is 14.1. The minimum atomic E-state index is -1.79. The number of carbonyl (C=O) groups excluding carboxylic acids is 1. The highest BCUT2D eigenvalue weighted by Crippen LogP contribution is 2.20. The van der Waals surface area contributed by atoms with Crippen LogP contribution in [0.15, 0.2) is 24.3 Å². The Bertz CT molecular complexity index is 447. The van der Waals surface area contributed by atoms with Crippen molar-refractivity contribution in [2.45, 2.75) is 31.5 Å². The van der Waals surface area contributed by atoms with Crippen molar-refractivity contribution in [3.63, 3.8) is 0 Å². The largest absolute Gasteiger partial charge is 0.350 e. The van der Waals surface area contributed by atoms with Gasteiger partial charge in [-0.15, -0.1) is 12.4 Å². The molecule has 20 heavy (non-hydrogen) atoms. The Morgan fingerprint density at radius 1 is 1.45 bits per heavy atom. The van der Waals surface area contributed by atoms with Crippen LogP contribution in [0.3, 0.4) is 0 Å². The minimum absolute atomic E-state index is 0. The molecule has 0 radical (unpaired) electrons. The van der Waals surface area contributed by atoms with E-state index in [1.165, 1.54) is 12.1 Å². The lowest BCUT2D eigenvalue weighted by molar-refractivity contribution is -0.132. The van der Waals surface area contributed by atoms with Gasteiger partial charge in [0.25, 0.3) is 5.91 Å². The van der Waals surface area contributed by atoms with Crippen LogP contribution in [0.25, 0.3) is 0 Å². The lowest BCUT2D eigenvalue weighted by Gasteiger charge is -2.21. The molecule has 2 atom stereocenters. The lowest BCUT2D eigenvalue weighted by Crippen LogP contribution is -2.48. The average molecular weight is 305 g/mol. The van der Waals surface area contributed by atoms with E-state index in [2.05, 4.69) is 10.6 Å². The first-order chi connectivity index (χ1) is 8.99. The van der Waals surface area contributed by atoms with Gasteiger partial charge in [0.05, 0.1) is 0 Å². The Labute approximate surface area is 123 Å². The van der Waals surface area contributed by atoms with E-state index in [0.29, 0.717) is 13.0 Å². The van der Waals surface area contributed by atoms with Crippen LogP contribution < -0.4 is 10.6 Å². The normalized spacial score (nSPS) is 22.9. The minimum Gasteiger partial charge on any atom is -0.350 e. The van der Waals surface area contributed by atoms with E-state index < -0.39 is 11.6 Å². The molecule has 2 N–H and O–H groups in total. The number of halogens is 3. The summed E-state index contributed by atoms with van der Waals surface area (Å²) in [6, 6.07) is 5.90. The van der Waals surface area contributed by atoms with Crippen molar-refractivity contribution in [2.24, 2.45) is 0 Å². The molecule has 112 valence electrons. The van der Waals surface area contributed by atoms with Crippen LogP contribution in [0.2, 0.25) is 0 Å². The van der Waals surface area contributed by atoms with Gasteiger partial charge in [-0.3, -0.25) is 4.79 Å². The summed E-state index contributed by atoms with van der Waals surface area (Å²) in [6.45, 7) is 2.41. The van der Waals surface area contributed by atoms with E-state index in [9.17, 15) is 13.6 Å². The summed E-state index contributed by atoms with van der Waals surface area (Å²) < 4.78 is 26.9. The number of alkyl halides is 1. The Hall–Kier alpha value is -1.20. The monoisotopic (exact) mass is 304 g/mol. The smallest absolute Gasteiger partial charge is 0.259 e. The molecule has 3 nitrogen and oxygen atoms in total. The lowest BCUT2D eigenvalue weighted by atomic mass is 10.0. The first-order valence-electron chi connectivity index (χ1n) is 6.45. The van der Waals surface area contributed by atoms with E-state index in [4.69, 9.17) is 0 Å². The molecular formula is C14H19ClF2N2O. The van der Waals surface area contributed by atoms with Crippen molar-refractivity contribution >= 4 is 18.3 Å². The Morgan fingerprint density at radius 2 is 2.10 bits per heavy atom. The van der Waals surface area contributed by atoms with Gasteiger partial charge < -0.3 is 10.6 Å². The summed E-state index contributed by atoms with van der Waals surface area (Å²) in [5.74, 6) is -0.854. The summed E-state index contributed by atoms with van der Waals surface area (Å²) >= 11 is 0. The molecule has 0 spiro atoms. The van der Waals surface area contributed by atoms with Crippen LogP contribution in [0.4, 0.5) is 8.78 Å². The number of hydrogen-bond acceptors (Lipinski definition) is 2. The second-order valence-electron chi connectivity index (χ2n) is 5.10. The van der Waals surface area contributed by atoms with Gasteiger partial charge in [-0.2, -0.15) is 0 Å². The van der Waals surface area contributed by atoms with Crippen molar-refractivity contribution in [3.05, 3.63) is 35.6 Å². The van der Waals surface area contributed by atoms with Crippen LogP contribution in [0, 0.1) is 5.82 Å². The SMILES string of the molecule is CC(Cc1ccc(F)cc1)NC(=O)C1(F)CCNC1.Cl. The fourth-order valence-electron chi connectivity index (χ4n) is 2.23. The predicted molar refractivity (Wildman–Crippen MR) is 76.3 cm³/mol. The molecule has 1 fully saturated rings. The zero-order chi connectivity index (χ0) is 13.9. The fraction of sp³-hybridized carbons (Fsp3) is 0.500. The average Bonchev–Trinajstić information content (AvgIpc) is 2.80. The van der Waals surface area contributed by atoms with Crippen LogP contribution in [-0.4, -0.2) is 30.7 Å².